The molecule has 20 heteroatoms. The number of amides is 4. The number of carbonyl (C=O) groups excluding carboxylic acids is 5. The molecule has 2 atom stereocenters. The second kappa shape index (κ2) is 33.9. The minimum atomic E-state index is -0.934. The monoisotopic (exact) mass is 954 g/mol. The summed E-state index contributed by atoms with van der Waals surface area (Å²) in [4.78, 5) is 65.1. The second-order valence-corrected chi connectivity index (χ2v) is 16.3. The van der Waals surface area contributed by atoms with Gasteiger partial charge < -0.3 is 68.2 Å². The molecule has 0 spiro atoms. The van der Waals surface area contributed by atoms with Crippen LogP contribution in [0.15, 0.2) is 48.5 Å². The number of hydrogen-bond donors (Lipinski definition) is 3. The number of benzene rings is 2. The van der Waals surface area contributed by atoms with Crippen LogP contribution in [0.25, 0.3) is 0 Å². The van der Waals surface area contributed by atoms with Gasteiger partial charge in [-0.3, -0.25) is 14.4 Å². The Morgan fingerprint density at radius 1 is 0.636 bits per heavy atom. The first kappa shape index (κ1) is 57.7. The van der Waals surface area contributed by atoms with Gasteiger partial charge in [0.25, 0.3) is 5.24 Å². The number of methoxy groups -OCH3 is 1. The Kier molecular flexibility index (Phi) is 29.7. The first-order chi connectivity index (χ1) is 31.6. The molecule has 0 aliphatic rings. The number of alkyl carbamates (subject to hydrolysis) is 1. The average Bonchev–Trinajstić information content (AvgIpc) is 3.27. The molecule has 4 amide bonds. The van der Waals surface area contributed by atoms with Crippen molar-refractivity contribution in [3.8, 4) is 0 Å². The second-order valence-electron chi connectivity index (χ2n) is 16.0. The zero-order chi connectivity index (χ0) is 48.6. The van der Waals surface area contributed by atoms with E-state index >= 15 is 0 Å². The number of nitrogens with zero attached hydrogens (tertiary/aromatic N) is 1. The van der Waals surface area contributed by atoms with Gasteiger partial charge in [0, 0.05) is 31.5 Å². The third-order valence-corrected chi connectivity index (χ3v) is 9.18. The molecule has 0 aliphatic carbocycles. The lowest BCUT2D eigenvalue weighted by Crippen LogP contribution is -2.54. The van der Waals surface area contributed by atoms with E-state index in [0.717, 1.165) is 0 Å². The van der Waals surface area contributed by atoms with Crippen LogP contribution in [0, 0.1) is 5.92 Å². The Balaban J connectivity index is 1.73. The molecule has 2 aromatic rings. The Labute approximate surface area is 394 Å². The summed E-state index contributed by atoms with van der Waals surface area (Å²) in [5.74, 6) is -1.30. The SMILES string of the molecule is COCCOCCOCCOCCOCCOCCOCCOCCN(Cc1ccccc1C(=O)Cl)C(=O)OCc1ccc(NC(=O)[C@H](C)NC(=O)[C@@H](NC(=O)OC(C)(C)C)C(C)C)cc1. The van der Waals surface area contributed by atoms with Gasteiger partial charge in [0.05, 0.1) is 99.1 Å². The van der Waals surface area contributed by atoms with Crippen molar-refractivity contribution in [1.29, 1.82) is 0 Å². The van der Waals surface area contributed by atoms with Crippen LogP contribution in [0.5, 0.6) is 0 Å². The summed E-state index contributed by atoms with van der Waals surface area (Å²) in [5, 5.41) is 7.31. The minimum absolute atomic E-state index is 0.0392. The van der Waals surface area contributed by atoms with Gasteiger partial charge in [-0.25, -0.2) is 9.59 Å². The van der Waals surface area contributed by atoms with Crippen molar-refractivity contribution in [3.63, 3.8) is 0 Å². The molecule has 2 rings (SSSR count). The highest BCUT2D eigenvalue weighted by atomic mass is 35.5. The van der Waals surface area contributed by atoms with Crippen LogP contribution in [0.3, 0.4) is 0 Å². The Hall–Kier alpha value is -4.44. The molecule has 0 heterocycles. The summed E-state index contributed by atoms with van der Waals surface area (Å²) < 4.78 is 54.3. The standard InChI is InChI=1S/C46H71ClN4O15/c1-34(2)40(50-44(55)66-46(4,5)6)43(54)48-35(3)42(53)49-38-14-12-36(13-15-38)33-65-45(56)51(32-37-10-8-9-11-39(37)41(47)52)16-17-58-20-21-60-24-25-62-28-29-64-31-30-63-27-26-61-23-22-59-19-18-57-7/h8-15,34-35,40H,16-33H2,1-7H3,(H,48,54)(H,49,53)(H,50,55)/t35-,40-/m0/s1. The Bertz CT molecular complexity index is 1700. The number of anilines is 1. The van der Waals surface area contributed by atoms with Crippen molar-refractivity contribution in [2.24, 2.45) is 5.92 Å². The van der Waals surface area contributed by atoms with Gasteiger partial charge in [0.1, 0.15) is 24.3 Å². The predicted molar refractivity (Wildman–Crippen MR) is 246 cm³/mol. The molecule has 0 radical (unpaired) electrons. The molecule has 3 N–H and O–H groups in total. The van der Waals surface area contributed by atoms with Crippen molar-refractivity contribution >= 4 is 46.5 Å². The van der Waals surface area contributed by atoms with Crippen molar-refractivity contribution < 1.29 is 71.3 Å². The Morgan fingerprint density at radius 2 is 1.12 bits per heavy atom. The minimum Gasteiger partial charge on any atom is -0.445 e. The molecule has 0 saturated heterocycles. The number of carbonyl (C=O) groups is 5. The Morgan fingerprint density at radius 3 is 1.59 bits per heavy atom. The van der Waals surface area contributed by atoms with Crippen LogP contribution in [0.4, 0.5) is 15.3 Å². The number of hydrogen-bond acceptors (Lipinski definition) is 15. The van der Waals surface area contributed by atoms with Crippen molar-refractivity contribution in [1.82, 2.24) is 15.5 Å². The third-order valence-electron chi connectivity index (χ3n) is 8.98. The van der Waals surface area contributed by atoms with Crippen molar-refractivity contribution in [2.75, 3.05) is 118 Å². The van der Waals surface area contributed by atoms with E-state index in [9.17, 15) is 24.0 Å². The first-order valence-corrected chi connectivity index (χ1v) is 22.4. The molecule has 0 fully saturated rings. The largest absolute Gasteiger partial charge is 0.445 e. The van der Waals surface area contributed by atoms with E-state index in [2.05, 4.69) is 16.0 Å². The van der Waals surface area contributed by atoms with Crippen LogP contribution in [0.1, 0.15) is 63.0 Å². The normalized spacial score (nSPS) is 12.3. The van der Waals surface area contributed by atoms with Gasteiger partial charge in [0.2, 0.25) is 11.8 Å². The number of ether oxygens (including phenoxy) is 10. The zero-order valence-electron chi connectivity index (χ0n) is 39.5. The molecular formula is C46H71ClN4O15. The van der Waals surface area contributed by atoms with Crippen LogP contribution >= 0.6 is 11.6 Å². The highest BCUT2D eigenvalue weighted by Crippen LogP contribution is 2.17. The van der Waals surface area contributed by atoms with E-state index in [1.165, 1.54) is 11.8 Å². The van der Waals surface area contributed by atoms with Gasteiger partial charge in [-0.1, -0.05) is 44.2 Å². The summed E-state index contributed by atoms with van der Waals surface area (Å²) in [6, 6.07) is 11.5. The summed E-state index contributed by atoms with van der Waals surface area (Å²) in [6.07, 6.45) is -1.39. The number of nitrogens with one attached hydrogen (secondary N) is 3. The van der Waals surface area contributed by atoms with Crippen LogP contribution in [0.2, 0.25) is 0 Å². The molecule has 66 heavy (non-hydrogen) atoms. The van der Waals surface area contributed by atoms with Crippen LogP contribution < -0.4 is 16.0 Å². The fourth-order valence-electron chi connectivity index (χ4n) is 5.54. The van der Waals surface area contributed by atoms with E-state index in [-0.39, 0.29) is 44.4 Å². The highest BCUT2D eigenvalue weighted by Gasteiger charge is 2.29. The van der Waals surface area contributed by atoms with Gasteiger partial charge in [-0.05, 0) is 74.5 Å². The van der Waals surface area contributed by atoms with Crippen LogP contribution in [-0.4, -0.2) is 165 Å². The third kappa shape index (κ3) is 26.6. The van der Waals surface area contributed by atoms with Crippen LogP contribution in [-0.2, 0) is 70.1 Å². The average molecular weight is 956 g/mol. The molecule has 19 nitrogen and oxygen atoms in total. The van der Waals surface area contributed by atoms with E-state index in [1.54, 1.807) is 90.3 Å². The molecule has 372 valence electrons. The maximum absolute atomic E-state index is 13.4. The number of halogens is 1. The van der Waals surface area contributed by atoms with Crippen molar-refractivity contribution in [3.05, 3.63) is 65.2 Å². The van der Waals surface area contributed by atoms with Gasteiger partial charge >= 0.3 is 12.2 Å². The summed E-state index contributed by atoms with van der Waals surface area (Å²) in [7, 11) is 1.63. The molecule has 0 saturated carbocycles. The lowest BCUT2D eigenvalue weighted by Gasteiger charge is -2.26. The van der Waals surface area contributed by atoms with E-state index in [1.807, 2.05) is 0 Å². The molecule has 0 aromatic heterocycles. The molecule has 0 bridgehead atoms. The molecule has 2 aromatic carbocycles. The maximum atomic E-state index is 13.4. The smallest absolute Gasteiger partial charge is 0.410 e. The first-order valence-electron chi connectivity index (χ1n) is 22.0. The zero-order valence-corrected chi connectivity index (χ0v) is 40.3. The van der Waals surface area contributed by atoms with Gasteiger partial charge in [-0.15, -0.1) is 0 Å². The van der Waals surface area contributed by atoms with Crippen molar-refractivity contribution in [2.45, 2.75) is 72.4 Å². The quantitative estimate of drug-likeness (QED) is 0.0615. The van der Waals surface area contributed by atoms with E-state index in [0.29, 0.717) is 103 Å². The topological polar surface area (TPSA) is 217 Å². The number of rotatable bonds is 35. The van der Waals surface area contributed by atoms with E-state index < -0.39 is 46.9 Å². The summed E-state index contributed by atoms with van der Waals surface area (Å²) in [5.41, 5.74) is 1.14. The predicted octanol–water partition coefficient (Wildman–Crippen LogP) is 4.96. The summed E-state index contributed by atoms with van der Waals surface area (Å²) >= 11 is 5.83. The fraction of sp³-hybridized carbons (Fsp3) is 0.630. The van der Waals surface area contributed by atoms with Gasteiger partial charge in [-0.2, -0.15) is 0 Å². The lowest BCUT2D eigenvalue weighted by atomic mass is 10.0. The fourth-order valence-corrected chi connectivity index (χ4v) is 5.72. The molecule has 0 aliphatic heterocycles. The summed E-state index contributed by atoms with van der Waals surface area (Å²) in [6.45, 7) is 16.7. The highest BCUT2D eigenvalue weighted by molar-refractivity contribution is 6.67. The lowest BCUT2D eigenvalue weighted by molar-refractivity contribution is -0.128. The molecule has 0 unspecified atom stereocenters. The molecular weight excluding hydrogens is 884 g/mol. The maximum Gasteiger partial charge on any atom is 0.410 e. The van der Waals surface area contributed by atoms with Gasteiger partial charge in [0.15, 0.2) is 0 Å². The van der Waals surface area contributed by atoms with E-state index in [4.69, 9.17) is 59.0 Å².